The van der Waals surface area contributed by atoms with Crippen LogP contribution in [0.1, 0.15) is 57.7 Å². The molecule has 0 bridgehead atoms. The average molecular weight is 420 g/mol. The SMILES string of the molecule is C=CCN([C@@H]1[C@@H](Cc2ccccc2)CC[C@H]1C(=O)OC(C)(C)C)[C@H](C)c1ccccc1. The van der Waals surface area contributed by atoms with Crippen LogP contribution in [0.25, 0.3) is 0 Å². The van der Waals surface area contributed by atoms with Crippen LogP contribution in [0, 0.1) is 11.8 Å². The van der Waals surface area contributed by atoms with Gasteiger partial charge in [0.25, 0.3) is 0 Å². The van der Waals surface area contributed by atoms with Crippen molar-refractivity contribution in [3.63, 3.8) is 0 Å². The number of hydrogen-bond acceptors (Lipinski definition) is 3. The third-order valence-corrected chi connectivity index (χ3v) is 6.30. The maximum absolute atomic E-state index is 13.3. The van der Waals surface area contributed by atoms with E-state index in [4.69, 9.17) is 4.74 Å². The van der Waals surface area contributed by atoms with Crippen molar-refractivity contribution in [3.05, 3.63) is 84.4 Å². The van der Waals surface area contributed by atoms with E-state index in [-0.39, 0.29) is 24.0 Å². The van der Waals surface area contributed by atoms with Crippen molar-refractivity contribution in [3.8, 4) is 0 Å². The van der Waals surface area contributed by atoms with E-state index >= 15 is 0 Å². The minimum atomic E-state index is -0.479. The standard InChI is InChI=1S/C28H37NO2/c1-6-19-29(21(2)23-15-11-8-12-16-23)26-24(20-22-13-9-7-10-14-22)17-18-25(26)27(30)31-28(3,4)5/h6-16,21,24-26H,1,17-20H2,2-5H3/t21-,24-,25-,26-/m1/s1. The molecule has 1 saturated carbocycles. The smallest absolute Gasteiger partial charge is 0.311 e. The van der Waals surface area contributed by atoms with Crippen LogP contribution in [0.4, 0.5) is 0 Å². The Morgan fingerprint density at radius 2 is 1.71 bits per heavy atom. The van der Waals surface area contributed by atoms with E-state index in [1.807, 2.05) is 32.9 Å². The summed E-state index contributed by atoms with van der Waals surface area (Å²) in [6.07, 6.45) is 4.83. The van der Waals surface area contributed by atoms with E-state index < -0.39 is 5.60 Å². The summed E-state index contributed by atoms with van der Waals surface area (Å²) in [5, 5.41) is 0. The van der Waals surface area contributed by atoms with Crippen molar-refractivity contribution in [2.24, 2.45) is 11.8 Å². The molecular weight excluding hydrogens is 382 g/mol. The molecule has 3 rings (SSSR count). The quantitative estimate of drug-likeness (QED) is 0.376. The minimum absolute atomic E-state index is 0.0672. The number of benzene rings is 2. The normalized spacial score (nSPS) is 22.3. The molecular formula is C28H37NO2. The van der Waals surface area contributed by atoms with Crippen LogP contribution in [0.2, 0.25) is 0 Å². The van der Waals surface area contributed by atoms with Gasteiger partial charge in [-0.3, -0.25) is 9.69 Å². The van der Waals surface area contributed by atoms with E-state index in [1.165, 1.54) is 11.1 Å². The Bertz CT molecular complexity index is 840. The molecule has 0 heterocycles. The maximum atomic E-state index is 13.3. The summed E-state index contributed by atoms with van der Waals surface area (Å²) < 4.78 is 5.87. The molecule has 3 nitrogen and oxygen atoms in total. The summed E-state index contributed by atoms with van der Waals surface area (Å²) >= 11 is 0. The second-order valence-corrected chi connectivity index (χ2v) is 9.73. The minimum Gasteiger partial charge on any atom is -0.460 e. The fourth-order valence-electron chi connectivity index (χ4n) is 4.95. The molecule has 166 valence electrons. The first-order chi connectivity index (χ1) is 14.8. The summed E-state index contributed by atoms with van der Waals surface area (Å²) in [6.45, 7) is 12.9. The average Bonchev–Trinajstić information content (AvgIpc) is 3.15. The van der Waals surface area contributed by atoms with Crippen LogP contribution in [0.5, 0.6) is 0 Å². The zero-order valence-electron chi connectivity index (χ0n) is 19.5. The number of esters is 1. The Morgan fingerprint density at radius 1 is 1.10 bits per heavy atom. The van der Waals surface area contributed by atoms with Crippen molar-refractivity contribution < 1.29 is 9.53 Å². The van der Waals surface area contributed by atoms with E-state index in [0.717, 1.165) is 25.8 Å². The zero-order valence-corrected chi connectivity index (χ0v) is 19.5. The molecule has 1 aliphatic carbocycles. The Morgan fingerprint density at radius 3 is 2.29 bits per heavy atom. The molecule has 0 saturated heterocycles. The summed E-state index contributed by atoms with van der Waals surface area (Å²) in [5.41, 5.74) is 2.11. The lowest BCUT2D eigenvalue weighted by atomic mass is 9.88. The van der Waals surface area contributed by atoms with Gasteiger partial charge in [0.05, 0.1) is 5.92 Å². The second kappa shape index (κ2) is 10.3. The van der Waals surface area contributed by atoms with Gasteiger partial charge in [-0.15, -0.1) is 6.58 Å². The number of ether oxygens (including phenoxy) is 1. The van der Waals surface area contributed by atoms with Gasteiger partial charge in [-0.2, -0.15) is 0 Å². The van der Waals surface area contributed by atoms with Gasteiger partial charge in [-0.05, 0) is 64.0 Å². The lowest BCUT2D eigenvalue weighted by molar-refractivity contribution is -0.162. The molecule has 0 spiro atoms. The number of nitrogens with zero attached hydrogens (tertiary/aromatic N) is 1. The van der Waals surface area contributed by atoms with Crippen molar-refractivity contribution in [2.45, 2.75) is 64.6 Å². The molecule has 4 atom stereocenters. The van der Waals surface area contributed by atoms with Gasteiger partial charge < -0.3 is 4.74 Å². The molecule has 0 radical (unpaired) electrons. The highest BCUT2D eigenvalue weighted by Gasteiger charge is 2.46. The third-order valence-electron chi connectivity index (χ3n) is 6.30. The Hall–Kier alpha value is -2.39. The predicted octanol–water partition coefficient (Wildman–Crippen LogP) is 6.21. The highest BCUT2D eigenvalue weighted by molar-refractivity contribution is 5.74. The first-order valence-electron chi connectivity index (χ1n) is 11.5. The van der Waals surface area contributed by atoms with Gasteiger partial charge in [-0.1, -0.05) is 66.7 Å². The molecule has 1 fully saturated rings. The fraction of sp³-hybridized carbons (Fsp3) is 0.464. The van der Waals surface area contributed by atoms with E-state index in [9.17, 15) is 4.79 Å². The van der Waals surface area contributed by atoms with Gasteiger partial charge in [0.2, 0.25) is 0 Å². The molecule has 3 heteroatoms. The van der Waals surface area contributed by atoms with Gasteiger partial charge in [0, 0.05) is 18.6 Å². The van der Waals surface area contributed by atoms with Crippen LogP contribution < -0.4 is 0 Å². The van der Waals surface area contributed by atoms with E-state index in [2.05, 4.69) is 73.0 Å². The van der Waals surface area contributed by atoms with Crippen LogP contribution in [-0.2, 0) is 16.0 Å². The van der Waals surface area contributed by atoms with E-state index in [0.29, 0.717) is 5.92 Å². The van der Waals surface area contributed by atoms with Crippen LogP contribution in [-0.4, -0.2) is 29.1 Å². The highest BCUT2D eigenvalue weighted by atomic mass is 16.6. The monoisotopic (exact) mass is 419 g/mol. The molecule has 0 unspecified atom stereocenters. The van der Waals surface area contributed by atoms with Crippen LogP contribution in [0.15, 0.2) is 73.3 Å². The molecule has 2 aromatic carbocycles. The Labute approximate surface area is 188 Å². The fourth-order valence-corrected chi connectivity index (χ4v) is 4.95. The summed E-state index contributed by atoms with van der Waals surface area (Å²) in [4.78, 5) is 15.7. The van der Waals surface area contributed by atoms with Crippen molar-refractivity contribution in [2.75, 3.05) is 6.54 Å². The van der Waals surface area contributed by atoms with Crippen molar-refractivity contribution in [1.29, 1.82) is 0 Å². The summed E-state index contributed by atoms with van der Waals surface area (Å²) in [7, 11) is 0. The molecule has 0 aromatic heterocycles. The summed E-state index contributed by atoms with van der Waals surface area (Å²) in [5.74, 6) is 0.201. The highest BCUT2D eigenvalue weighted by Crippen LogP contribution is 2.41. The zero-order chi connectivity index (χ0) is 22.4. The largest absolute Gasteiger partial charge is 0.460 e. The molecule has 0 aliphatic heterocycles. The topological polar surface area (TPSA) is 29.5 Å². The molecule has 1 aliphatic rings. The predicted molar refractivity (Wildman–Crippen MR) is 128 cm³/mol. The van der Waals surface area contributed by atoms with Gasteiger partial charge in [0.1, 0.15) is 5.60 Å². The van der Waals surface area contributed by atoms with Crippen molar-refractivity contribution >= 4 is 5.97 Å². The van der Waals surface area contributed by atoms with Crippen LogP contribution in [0.3, 0.4) is 0 Å². The lowest BCUT2D eigenvalue weighted by Gasteiger charge is -2.40. The van der Waals surface area contributed by atoms with E-state index in [1.54, 1.807) is 0 Å². The molecule has 0 amide bonds. The summed E-state index contributed by atoms with van der Waals surface area (Å²) in [6, 6.07) is 21.5. The number of rotatable bonds is 8. The van der Waals surface area contributed by atoms with Gasteiger partial charge in [-0.25, -0.2) is 0 Å². The first kappa shape index (κ1) is 23.3. The molecule has 0 N–H and O–H groups in total. The molecule has 31 heavy (non-hydrogen) atoms. The third kappa shape index (κ3) is 6.07. The van der Waals surface area contributed by atoms with Crippen molar-refractivity contribution in [1.82, 2.24) is 4.90 Å². The Kier molecular flexibility index (Phi) is 7.72. The maximum Gasteiger partial charge on any atom is 0.311 e. The lowest BCUT2D eigenvalue weighted by Crippen LogP contribution is -2.47. The first-order valence-corrected chi connectivity index (χ1v) is 11.5. The number of carbonyl (C=O) groups is 1. The second-order valence-electron chi connectivity index (χ2n) is 9.73. The Balaban J connectivity index is 1.94. The number of hydrogen-bond donors (Lipinski definition) is 0. The number of carbonyl (C=O) groups excluding carboxylic acids is 1. The van der Waals surface area contributed by atoms with Gasteiger partial charge in [0.15, 0.2) is 0 Å². The van der Waals surface area contributed by atoms with Gasteiger partial charge >= 0.3 is 5.97 Å². The molecule has 2 aromatic rings. The van der Waals surface area contributed by atoms with Crippen LogP contribution >= 0.6 is 0 Å².